The molecular weight excluding hydrogens is 224 g/mol. The molecule has 1 aliphatic heterocycles. The van der Waals surface area contributed by atoms with Gasteiger partial charge in [0.2, 0.25) is 0 Å². The van der Waals surface area contributed by atoms with Crippen LogP contribution in [-0.2, 0) is 9.59 Å². The van der Waals surface area contributed by atoms with Gasteiger partial charge in [-0.2, -0.15) is 0 Å². The number of aliphatic carboxylic acids is 2. The molecule has 6 heteroatoms. The third kappa shape index (κ3) is 4.70. The lowest BCUT2D eigenvalue weighted by molar-refractivity contribution is -0.165. The number of hydrogen-bond donors (Lipinski definition) is 4. The first-order valence-corrected chi connectivity index (χ1v) is 5.89. The normalized spacial score (nSPS) is 15.6. The zero-order chi connectivity index (χ0) is 13.3. The Bertz CT molecular complexity index is 220. The van der Waals surface area contributed by atoms with Crippen molar-refractivity contribution in [3.05, 3.63) is 0 Å². The molecular formula is C11H22N2O4. The van der Waals surface area contributed by atoms with Crippen LogP contribution in [0.15, 0.2) is 0 Å². The van der Waals surface area contributed by atoms with Gasteiger partial charge in [0, 0.05) is 26.2 Å². The molecule has 0 radical (unpaired) electrons. The molecule has 0 bridgehead atoms. The zero-order valence-corrected chi connectivity index (χ0v) is 10.5. The van der Waals surface area contributed by atoms with Gasteiger partial charge in [0.05, 0.1) is 0 Å². The Labute approximate surface area is 101 Å². The molecule has 0 spiro atoms. The Hall–Kier alpha value is -1.14. The van der Waals surface area contributed by atoms with Crippen molar-refractivity contribution in [3.8, 4) is 0 Å². The molecule has 0 amide bonds. The molecule has 0 aliphatic carbocycles. The van der Waals surface area contributed by atoms with Crippen LogP contribution in [0.2, 0.25) is 0 Å². The molecule has 0 aromatic carbocycles. The van der Waals surface area contributed by atoms with Gasteiger partial charge >= 0.3 is 11.9 Å². The lowest BCUT2D eigenvalue weighted by atomic mass is 9.83. The van der Waals surface area contributed by atoms with Crippen LogP contribution >= 0.6 is 0 Å². The van der Waals surface area contributed by atoms with Crippen LogP contribution in [0.3, 0.4) is 0 Å². The highest BCUT2D eigenvalue weighted by Gasteiger charge is 2.42. The summed E-state index contributed by atoms with van der Waals surface area (Å²) in [6.45, 7) is 7.68. The third-order valence-corrected chi connectivity index (χ3v) is 2.98. The number of nitrogens with one attached hydrogen (secondary N) is 2. The Morgan fingerprint density at radius 1 is 0.941 bits per heavy atom. The molecule has 0 unspecified atom stereocenters. The summed E-state index contributed by atoms with van der Waals surface area (Å²) in [4.78, 5) is 21.1. The van der Waals surface area contributed by atoms with Crippen LogP contribution in [-0.4, -0.2) is 48.3 Å². The van der Waals surface area contributed by atoms with Gasteiger partial charge in [-0.1, -0.05) is 13.8 Å². The van der Waals surface area contributed by atoms with Gasteiger partial charge in [-0.15, -0.1) is 0 Å². The van der Waals surface area contributed by atoms with Crippen molar-refractivity contribution in [2.75, 3.05) is 26.2 Å². The van der Waals surface area contributed by atoms with E-state index in [4.69, 9.17) is 10.2 Å². The minimum absolute atomic E-state index is 0.119. The summed E-state index contributed by atoms with van der Waals surface area (Å²) in [5, 5.41) is 23.7. The van der Waals surface area contributed by atoms with Crippen molar-refractivity contribution in [1.29, 1.82) is 0 Å². The standard InChI is InChI=1S/C7H12O4.C4H10N2/c1-3-7(4-2,5(8)9)6(10)11;1-2-6-4-3-5-1/h3-4H2,1-2H3,(H,8,9)(H,10,11);5-6H,1-4H2. The second-order valence-corrected chi connectivity index (χ2v) is 3.90. The molecule has 0 aromatic heterocycles. The average Bonchev–Trinajstić information content (AvgIpc) is 2.33. The Balaban J connectivity index is 0.000000354. The summed E-state index contributed by atoms with van der Waals surface area (Å²) in [5.41, 5.74) is -1.58. The third-order valence-electron chi connectivity index (χ3n) is 2.98. The zero-order valence-electron chi connectivity index (χ0n) is 10.5. The first-order chi connectivity index (χ1) is 8.01. The van der Waals surface area contributed by atoms with Gasteiger partial charge in [0.15, 0.2) is 5.41 Å². The topological polar surface area (TPSA) is 98.7 Å². The maximum absolute atomic E-state index is 10.5. The lowest BCUT2D eigenvalue weighted by Crippen LogP contribution is -2.39. The van der Waals surface area contributed by atoms with Crippen molar-refractivity contribution in [3.63, 3.8) is 0 Å². The van der Waals surface area contributed by atoms with E-state index in [0.29, 0.717) is 0 Å². The van der Waals surface area contributed by atoms with Crippen molar-refractivity contribution < 1.29 is 19.8 Å². The molecule has 0 saturated carbocycles. The van der Waals surface area contributed by atoms with E-state index in [1.165, 1.54) is 0 Å². The number of rotatable bonds is 4. The smallest absolute Gasteiger partial charge is 0.321 e. The predicted octanol–water partition coefficient (Wildman–Crippen LogP) is 0.141. The Kier molecular flexibility index (Phi) is 7.49. The highest BCUT2D eigenvalue weighted by Crippen LogP contribution is 2.26. The van der Waals surface area contributed by atoms with Gasteiger partial charge in [-0.25, -0.2) is 0 Å². The second kappa shape index (κ2) is 8.03. The number of carboxylic acid groups (broad SMARTS) is 2. The van der Waals surface area contributed by atoms with Crippen molar-refractivity contribution in [1.82, 2.24) is 10.6 Å². The summed E-state index contributed by atoms with van der Waals surface area (Å²) in [7, 11) is 0. The Morgan fingerprint density at radius 2 is 1.24 bits per heavy atom. The van der Waals surface area contributed by atoms with Crippen molar-refractivity contribution >= 4 is 11.9 Å². The number of carboxylic acids is 2. The minimum Gasteiger partial charge on any atom is -0.480 e. The van der Waals surface area contributed by atoms with Gasteiger partial charge in [-0.05, 0) is 12.8 Å². The van der Waals surface area contributed by atoms with E-state index < -0.39 is 17.4 Å². The van der Waals surface area contributed by atoms with Crippen LogP contribution in [0.5, 0.6) is 0 Å². The van der Waals surface area contributed by atoms with Gasteiger partial charge < -0.3 is 20.8 Å². The largest absolute Gasteiger partial charge is 0.480 e. The minimum atomic E-state index is -1.58. The highest BCUT2D eigenvalue weighted by atomic mass is 16.4. The summed E-state index contributed by atoms with van der Waals surface area (Å²) < 4.78 is 0. The Morgan fingerprint density at radius 3 is 1.29 bits per heavy atom. The molecule has 17 heavy (non-hydrogen) atoms. The molecule has 0 aromatic rings. The molecule has 1 aliphatic rings. The van der Waals surface area contributed by atoms with Crippen molar-refractivity contribution in [2.45, 2.75) is 26.7 Å². The highest BCUT2D eigenvalue weighted by molar-refractivity contribution is 5.98. The predicted molar refractivity (Wildman–Crippen MR) is 64.0 cm³/mol. The molecule has 1 rings (SSSR count). The molecule has 6 nitrogen and oxygen atoms in total. The van der Waals surface area contributed by atoms with Crippen molar-refractivity contribution in [2.24, 2.45) is 5.41 Å². The molecule has 100 valence electrons. The molecule has 4 N–H and O–H groups in total. The first kappa shape index (κ1) is 15.9. The summed E-state index contributed by atoms with van der Waals surface area (Å²) in [6, 6.07) is 0. The van der Waals surface area contributed by atoms with Gasteiger partial charge in [-0.3, -0.25) is 9.59 Å². The fourth-order valence-electron chi connectivity index (χ4n) is 1.55. The number of carbonyl (C=O) groups is 2. The van der Waals surface area contributed by atoms with E-state index in [0.717, 1.165) is 26.2 Å². The summed E-state index contributed by atoms with van der Waals surface area (Å²) in [5.74, 6) is -2.51. The molecule has 1 fully saturated rings. The van der Waals surface area contributed by atoms with Crippen LogP contribution in [0.4, 0.5) is 0 Å². The van der Waals surface area contributed by atoms with Crippen LogP contribution in [0.25, 0.3) is 0 Å². The number of hydrogen-bond acceptors (Lipinski definition) is 4. The fourth-order valence-corrected chi connectivity index (χ4v) is 1.55. The summed E-state index contributed by atoms with van der Waals surface area (Å²) in [6.07, 6.45) is 0.238. The maximum Gasteiger partial charge on any atom is 0.321 e. The SMILES string of the molecule is C1CNCCN1.CCC(CC)(C(=O)O)C(=O)O. The summed E-state index contributed by atoms with van der Waals surface area (Å²) >= 11 is 0. The second-order valence-electron chi connectivity index (χ2n) is 3.90. The quantitative estimate of drug-likeness (QED) is 0.527. The van der Waals surface area contributed by atoms with Crippen LogP contribution < -0.4 is 10.6 Å². The van der Waals surface area contributed by atoms with Crippen LogP contribution in [0.1, 0.15) is 26.7 Å². The molecule has 1 heterocycles. The van der Waals surface area contributed by atoms with E-state index >= 15 is 0 Å². The van der Waals surface area contributed by atoms with E-state index in [1.807, 2.05) is 0 Å². The lowest BCUT2D eigenvalue weighted by Gasteiger charge is -2.20. The number of piperazine rings is 1. The van der Waals surface area contributed by atoms with E-state index in [9.17, 15) is 9.59 Å². The monoisotopic (exact) mass is 246 g/mol. The average molecular weight is 246 g/mol. The molecule has 0 atom stereocenters. The van der Waals surface area contributed by atoms with Gasteiger partial charge in [0.25, 0.3) is 0 Å². The van der Waals surface area contributed by atoms with E-state index in [2.05, 4.69) is 10.6 Å². The molecule has 1 saturated heterocycles. The fraction of sp³-hybridized carbons (Fsp3) is 0.818. The van der Waals surface area contributed by atoms with E-state index in [1.54, 1.807) is 13.8 Å². The van der Waals surface area contributed by atoms with Crippen LogP contribution in [0, 0.1) is 5.41 Å². The van der Waals surface area contributed by atoms with E-state index in [-0.39, 0.29) is 12.8 Å². The van der Waals surface area contributed by atoms with Gasteiger partial charge in [0.1, 0.15) is 0 Å². The first-order valence-electron chi connectivity index (χ1n) is 5.89. The maximum atomic E-state index is 10.5.